The lowest BCUT2D eigenvalue weighted by Crippen LogP contribution is -2.15. The van der Waals surface area contributed by atoms with Crippen LogP contribution in [0.25, 0.3) is 0 Å². The number of nitrogens with zero attached hydrogens (tertiary/aromatic N) is 1. The summed E-state index contributed by atoms with van der Waals surface area (Å²) in [5.74, 6) is 0.834. The van der Waals surface area contributed by atoms with E-state index < -0.39 is 0 Å². The van der Waals surface area contributed by atoms with Gasteiger partial charge in [-0.3, -0.25) is 0 Å². The van der Waals surface area contributed by atoms with Crippen LogP contribution in [-0.4, -0.2) is 37.3 Å². The van der Waals surface area contributed by atoms with E-state index in [-0.39, 0.29) is 6.61 Å². The van der Waals surface area contributed by atoms with Crippen LogP contribution in [0.3, 0.4) is 0 Å². The maximum absolute atomic E-state index is 8.94. The van der Waals surface area contributed by atoms with Gasteiger partial charge in [-0.2, -0.15) is 0 Å². The molecule has 1 aromatic rings. The quantitative estimate of drug-likeness (QED) is 0.721. The number of aliphatic hydroxyl groups is 1. The van der Waals surface area contributed by atoms with Crippen molar-refractivity contribution in [3.63, 3.8) is 0 Å². The van der Waals surface area contributed by atoms with Crippen LogP contribution in [0.15, 0.2) is 24.3 Å². The van der Waals surface area contributed by atoms with Gasteiger partial charge in [-0.1, -0.05) is 12.1 Å². The van der Waals surface area contributed by atoms with Crippen LogP contribution < -0.4 is 4.74 Å². The molecule has 0 atom stereocenters. The first-order valence-electron chi connectivity index (χ1n) is 5.19. The molecule has 3 heteroatoms. The summed E-state index contributed by atoms with van der Waals surface area (Å²) in [6.07, 6.45) is 1.01. The molecule has 0 aliphatic carbocycles. The van der Waals surface area contributed by atoms with Crippen LogP contribution in [0.2, 0.25) is 0 Å². The molecule has 1 N–H and O–H groups in total. The summed E-state index contributed by atoms with van der Waals surface area (Å²) in [6, 6.07) is 7.56. The third-order valence-corrected chi connectivity index (χ3v) is 2.10. The van der Waals surface area contributed by atoms with Gasteiger partial charge >= 0.3 is 0 Å². The molecule has 3 nitrogen and oxygen atoms in total. The van der Waals surface area contributed by atoms with Gasteiger partial charge in [0.1, 0.15) is 5.75 Å². The highest BCUT2D eigenvalue weighted by molar-refractivity contribution is 5.27. The number of ether oxygens (including phenoxy) is 1. The highest BCUT2D eigenvalue weighted by Gasteiger charge is 1.96. The molecule has 0 fully saturated rings. The Bertz CT molecular complexity index is 287. The fourth-order valence-corrected chi connectivity index (χ4v) is 1.30. The molecule has 84 valence electrons. The predicted molar refractivity (Wildman–Crippen MR) is 61.0 cm³/mol. The minimum Gasteiger partial charge on any atom is -0.494 e. The topological polar surface area (TPSA) is 32.7 Å². The second-order valence-corrected chi connectivity index (χ2v) is 3.81. The first-order valence-corrected chi connectivity index (χ1v) is 5.19. The number of benzene rings is 1. The van der Waals surface area contributed by atoms with Crippen molar-refractivity contribution in [1.82, 2.24) is 4.90 Å². The molecule has 0 aromatic heterocycles. The zero-order valence-electron chi connectivity index (χ0n) is 9.44. The van der Waals surface area contributed by atoms with Crippen molar-refractivity contribution in [2.24, 2.45) is 0 Å². The minimum absolute atomic E-state index is 0.0644. The van der Waals surface area contributed by atoms with Gasteiger partial charge < -0.3 is 14.7 Å². The van der Waals surface area contributed by atoms with Crippen LogP contribution in [0.1, 0.15) is 12.0 Å². The summed E-state index contributed by atoms with van der Waals surface area (Å²) in [7, 11) is 4.10. The lowest BCUT2D eigenvalue weighted by atomic mass is 10.2. The average molecular weight is 209 g/mol. The molecule has 0 bridgehead atoms. The molecule has 0 heterocycles. The number of hydrogen-bond donors (Lipinski definition) is 1. The van der Waals surface area contributed by atoms with E-state index in [0.717, 1.165) is 24.3 Å². The standard InChI is InChI=1S/C12H19NO2/c1-13(2)7-4-8-15-12-6-3-5-11(9-12)10-14/h3,5-6,9,14H,4,7-8,10H2,1-2H3. The molecule has 0 radical (unpaired) electrons. The zero-order chi connectivity index (χ0) is 11.1. The van der Waals surface area contributed by atoms with E-state index in [9.17, 15) is 0 Å². The van der Waals surface area contributed by atoms with E-state index >= 15 is 0 Å². The molecule has 0 aliphatic heterocycles. The summed E-state index contributed by atoms with van der Waals surface area (Å²) >= 11 is 0. The van der Waals surface area contributed by atoms with Crippen LogP contribution in [0, 0.1) is 0 Å². The van der Waals surface area contributed by atoms with Crippen LogP contribution >= 0.6 is 0 Å². The SMILES string of the molecule is CN(C)CCCOc1cccc(CO)c1. The third kappa shape index (κ3) is 4.81. The molecule has 1 rings (SSSR count). The third-order valence-electron chi connectivity index (χ3n) is 2.10. The van der Waals surface area contributed by atoms with Gasteiger partial charge in [0.2, 0.25) is 0 Å². The van der Waals surface area contributed by atoms with Crippen LogP contribution in [0.5, 0.6) is 5.75 Å². The first-order chi connectivity index (χ1) is 7.22. The molecular weight excluding hydrogens is 190 g/mol. The summed E-state index contributed by atoms with van der Waals surface area (Å²) in [5, 5.41) is 8.94. The van der Waals surface area contributed by atoms with Gasteiger partial charge in [-0.25, -0.2) is 0 Å². The molecule has 15 heavy (non-hydrogen) atoms. The van der Waals surface area contributed by atoms with Crippen molar-refractivity contribution in [3.8, 4) is 5.75 Å². The fourth-order valence-electron chi connectivity index (χ4n) is 1.30. The van der Waals surface area contributed by atoms with Gasteiger partial charge in [0.15, 0.2) is 0 Å². The van der Waals surface area contributed by atoms with Crippen molar-refractivity contribution in [2.75, 3.05) is 27.2 Å². The highest BCUT2D eigenvalue weighted by Crippen LogP contribution is 2.13. The van der Waals surface area contributed by atoms with Crippen molar-refractivity contribution in [3.05, 3.63) is 29.8 Å². The Hall–Kier alpha value is -1.06. The van der Waals surface area contributed by atoms with Crippen molar-refractivity contribution >= 4 is 0 Å². The van der Waals surface area contributed by atoms with Gasteiger partial charge in [0.05, 0.1) is 13.2 Å². The smallest absolute Gasteiger partial charge is 0.119 e. The summed E-state index contributed by atoms with van der Waals surface area (Å²) < 4.78 is 5.56. The molecule has 0 amide bonds. The number of aliphatic hydroxyl groups excluding tert-OH is 1. The predicted octanol–water partition coefficient (Wildman–Crippen LogP) is 1.51. The molecular formula is C12H19NO2. The minimum atomic E-state index is 0.0644. The maximum atomic E-state index is 8.94. The Labute approximate surface area is 91.3 Å². The van der Waals surface area contributed by atoms with E-state index in [1.54, 1.807) is 0 Å². The van der Waals surface area contributed by atoms with Gasteiger partial charge in [0, 0.05) is 6.54 Å². The van der Waals surface area contributed by atoms with Crippen molar-refractivity contribution < 1.29 is 9.84 Å². The van der Waals surface area contributed by atoms with E-state index in [4.69, 9.17) is 9.84 Å². The molecule has 1 aromatic carbocycles. The maximum Gasteiger partial charge on any atom is 0.119 e. The lowest BCUT2D eigenvalue weighted by molar-refractivity contribution is 0.273. The van der Waals surface area contributed by atoms with Gasteiger partial charge in [0.25, 0.3) is 0 Å². The summed E-state index contributed by atoms with van der Waals surface area (Å²) in [6.45, 7) is 1.81. The monoisotopic (exact) mass is 209 g/mol. The normalized spacial score (nSPS) is 10.7. The van der Waals surface area contributed by atoms with Crippen molar-refractivity contribution in [2.45, 2.75) is 13.0 Å². The second-order valence-electron chi connectivity index (χ2n) is 3.81. The lowest BCUT2D eigenvalue weighted by Gasteiger charge is -2.10. The first kappa shape index (κ1) is 12.0. The summed E-state index contributed by atoms with van der Waals surface area (Å²) in [4.78, 5) is 2.13. The van der Waals surface area contributed by atoms with E-state index in [1.165, 1.54) is 0 Å². The fraction of sp³-hybridized carbons (Fsp3) is 0.500. The molecule has 0 unspecified atom stereocenters. The number of hydrogen-bond acceptors (Lipinski definition) is 3. The Balaban J connectivity index is 2.30. The Kier molecular flexibility index (Phi) is 5.15. The molecule has 0 saturated carbocycles. The highest BCUT2D eigenvalue weighted by atomic mass is 16.5. The van der Waals surface area contributed by atoms with Gasteiger partial charge in [-0.15, -0.1) is 0 Å². The van der Waals surface area contributed by atoms with E-state index in [1.807, 2.05) is 38.4 Å². The Morgan fingerprint density at radius 1 is 1.33 bits per heavy atom. The van der Waals surface area contributed by atoms with E-state index in [0.29, 0.717) is 6.61 Å². The van der Waals surface area contributed by atoms with E-state index in [2.05, 4.69) is 4.90 Å². The Morgan fingerprint density at radius 2 is 2.13 bits per heavy atom. The number of rotatable bonds is 6. The van der Waals surface area contributed by atoms with Crippen LogP contribution in [-0.2, 0) is 6.61 Å². The molecule has 0 aliphatic rings. The largest absolute Gasteiger partial charge is 0.494 e. The average Bonchev–Trinajstić information content (AvgIpc) is 2.24. The zero-order valence-corrected chi connectivity index (χ0v) is 9.44. The Morgan fingerprint density at radius 3 is 2.80 bits per heavy atom. The second kappa shape index (κ2) is 6.43. The molecule has 0 spiro atoms. The molecule has 0 saturated heterocycles. The van der Waals surface area contributed by atoms with Crippen molar-refractivity contribution in [1.29, 1.82) is 0 Å². The van der Waals surface area contributed by atoms with Gasteiger partial charge in [-0.05, 0) is 38.2 Å². The summed E-state index contributed by atoms with van der Waals surface area (Å²) in [5.41, 5.74) is 0.889. The van der Waals surface area contributed by atoms with Crippen LogP contribution in [0.4, 0.5) is 0 Å².